The fraction of sp³-hybridized carbons (Fsp3) is 0.385. The van der Waals surface area contributed by atoms with Crippen LogP contribution in [0, 0.1) is 6.92 Å². The summed E-state index contributed by atoms with van der Waals surface area (Å²) in [6, 6.07) is 4.08. The van der Waals surface area contributed by atoms with Crippen LogP contribution in [-0.2, 0) is 0 Å². The number of nitrogens with zero attached hydrogens (tertiary/aromatic N) is 2. The maximum Gasteiger partial charge on any atom is 0.133 e. The molecule has 0 saturated carbocycles. The fourth-order valence-corrected chi connectivity index (χ4v) is 2.68. The molecule has 2 aromatic heterocycles. The molecule has 0 saturated heterocycles. The molecule has 4 heteroatoms. The normalized spacial score (nSPS) is 12.6. The average Bonchev–Trinajstić information content (AvgIpc) is 2.77. The lowest BCUT2D eigenvalue weighted by atomic mass is 10.1. The van der Waals surface area contributed by atoms with Crippen LogP contribution in [-0.4, -0.2) is 16.5 Å². The molecule has 0 radical (unpaired) electrons. The van der Waals surface area contributed by atoms with Crippen LogP contribution >= 0.6 is 11.3 Å². The summed E-state index contributed by atoms with van der Waals surface area (Å²) in [5, 5.41) is 2.09. The van der Waals surface area contributed by atoms with Gasteiger partial charge in [0.05, 0.1) is 10.6 Å². The first kappa shape index (κ1) is 12.2. The van der Waals surface area contributed by atoms with E-state index < -0.39 is 0 Å². The molecule has 3 nitrogen and oxygen atoms in total. The first-order chi connectivity index (χ1) is 8.26. The molecule has 1 atom stereocenters. The summed E-state index contributed by atoms with van der Waals surface area (Å²) in [6.45, 7) is 4.82. The highest BCUT2D eigenvalue weighted by Crippen LogP contribution is 2.28. The van der Waals surface area contributed by atoms with Gasteiger partial charge in [-0.3, -0.25) is 0 Å². The Morgan fingerprint density at radius 2 is 2.24 bits per heavy atom. The maximum absolute atomic E-state index is 5.74. The Labute approximate surface area is 106 Å². The van der Waals surface area contributed by atoms with Gasteiger partial charge in [-0.1, -0.05) is 6.92 Å². The summed E-state index contributed by atoms with van der Waals surface area (Å²) >= 11 is 1.72. The minimum atomic E-state index is 0.259. The number of aromatic nitrogens is 2. The predicted molar refractivity (Wildman–Crippen MR) is 72.2 cm³/mol. The van der Waals surface area contributed by atoms with Crippen LogP contribution in [0.15, 0.2) is 23.7 Å². The van der Waals surface area contributed by atoms with Crippen molar-refractivity contribution in [1.82, 2.24) is 9.97 Å². The molecule has 0 aliphatic rings. The number of nitrogens with two attached hydrogens (primary N) is 1. The van der Waals surface area contributed by atoms with E-state index in [1.54, 1.807) is 11.3 Å². The molecule has 0 aliphatic heterocycles. The van der Waals surface area contributed by atoms with Gasteiger partial charge in [0.2, 0.25) is 0 Å². The molecule has 2 aromatic rings. The van der Waals surface area contributed by atoms with Gasteiger partial charge in [0.1, 0.15) is 5.82 Å². The molecule has 0 fully saturated rings. The van der Waals surface area contributed by atoms with Gasteiger partial charge in [-0.25, -0.2) is 9.97 Å². The summed E-state index contributed by atoms with van der Waals surface area (Å²) < 4.78 is 0. The van der Waals surface area contributed by atoms with E-state index in [-0.39, 0.29) is 5.92 Å². The zero-order chi connectivity index (χ0) is 12.3. The van der Waals surface area contributed by atoms with E-state index in [1.165, 1.54) is 10.4 Å². The van der Waals surface area contributed by atoms with E-state index in [9.17, 15) is 0 Å². The van der Waals surface area contributed by atoms with Gasteiger partial charge < -0.3 is 5.73 Å². The average molecular weight is 247 g/mol. The Morgan fingerprint density at radius 1 is 1.41 bits per heavy atom. The highest BCUT2D eigenvalue weighted by atomic mass is 32.1. The fourth-order valence-electron chi connectivity index (χ4n) is 1.79. The largest absolute Gasteiger partial charge is 0.330 e. The number of rotatable bonds is 4. The summed E-state index contributed by atoms with van der Waals surface area (Å²) in [6.07, 6.45) is 2.80. The molecule has 17 heavy (non-hydrogen) atoms. The number of thiophene rings is 1. The molecule has 0 bridgehead atoms. The number of hydrogen-bond acceptors (Lipinski definition) is 4. The van der Waals surface area contributed by atoms with Crippen LogP contribution in [0.1, 0.15) is 30.7 Å². The SMILES string of the molecule is CCC(CN)c1nccc(-c2sccc2C)n1. The van der Waals surface area contributed by atoms with Crippen molar-refractivity contribution in [3.63, 3.8) is 0 Å². The van der Waals surface area contributed by atoms with E-state index >= 15 is 0 Å². The first-order valence-electron chi connectivity index (χ1n) is 5.83. The minimum absolute atomic E-state index is 0.259. The Kier molecular flexibility index (Phi) is 3.86. The second-order valence-electron chi connectivity index (χ2n) is 4.07. The van der Waals surface area contributed by atoms with Gasteiger partial charge >= 0.3 is 0 Å². The molecule has 90 valence electrons. The molecule has 2 heterocycles. The van der Waals surface area contributed by atoms with Crippen LogP contribution in [0.3, 0.4) is 0 Å². The van der Waals surface area contributed by atoms with E-state index in [2.05, 4.69) is 35.3 Å². The highest BCUT2D eigenvalue weighted by Gasteiger charge is 2.12. The third-order valence-electron chi connectivity index (χ3n) is 2.91. The van der Waals surface area contributed by atoms with Crippen LogP contribution in [0.4, 0.5) is 0 Å². The van der Waals surface area contributed by atoms with Crippen LogP contribution in [0.2, 0.25) is 0 Å². The lowest BCUT2D eigenvalue weighted by molar-refractivity contribution is 0.631. The topological polar surface area (TPSA) is 51.8 Å². The Hall–Kier alpha value is -1.26. The molecular weight excluding hydrogens is 230 g/mol. The quantitative estimate of drug-likeness (QED) is 0.903. The van der Waals surface area contributed by atoms with E-state index in [0.717, 1.165) is 17.9 Å². The van der Waals surface area contributed by atoms with E-state index in [1.807, 2.05) is 12.3 Å². The van der Waals surface area contributed by atoms with Crippen LogP contribution < -0.4 is 5.73 Å². The second kappa shape index (κ2) is 5.38. The predicted octanol–water partition coefficient (Wildman–Crippen LogP) is 2.97. The smallest absolute Gasteiger partial charge is 0.133 e. The van der Waals surface area contributed by atoms with Gasteiger partial charge in [0.25, 0.3) is 0 Å². The van der Waals surface area contributed by atoms with Crippen molar-refractivity contribution >= 4 is 11.3 Å². The van der Waals surface area contributed by atoms with Crippen molar-refractivity contribution in [1.29, 1.82) is 0 Å². The summed E-state index contributed by atoms with van der Waals surface area (Å²) in [5.74, 6) is 1.12. The van der Waals surface area contributed by atoms with Crippen molar-refractivity contribution in [2.24, 2.45) is 5.73 Å². The summed E-state index contributed by atoms with van der Waals surface area (Å²) in [4.78, 5) is 10.2. The molecule has 0 amide bonds. The van der Waals surface area contributed by atoms with Gasteiger partial charge in [-0.15, -0.1) is 11.3 Å². The first-order valence-corrected chi connectivity index (χ1v) is 6.71. The molecular formula is C13H17N3S. The van der Waals surface area contributed by atoms with Crippen molar-refractivity contribution in [3.8, 4) is 10.6 Å². The van der Waals surface area contributed by atoms with Crippen molar-refractivity contribution in [2.75, 3.05) is 6.54 Å². The Balaban J connectivity index is 2.38. The second-order valence-corrected chi connectivity index (χ2v) is 4.99. The lowest BCUT2D eigenvalue weighted by Crippen LogP contribution is -2.14. The molecule has 1 unspecified atom stereocenters. The molecule has 0 spiro atoms. The van der Waals surface area contributed by atoms with Gasteiger partial charge in [0.15, 0.2) is 0 Å². The van der Waals surface area contributed by atoms with Crippen molar-refractivity contribution < 1.29 is 0 Å². The van der Waals surface area contributed by atoms with Gasteiger partial charge in [-0.2, -0.15) is 0 Å². The van der Waals surface area contributed by atoms with Crippen LogP contribution in [0.25, 0.3) is 10.6 Å². The zero-order valence-electron chi connectivity index (χ0n) is 10.2. The summed E-state index contributed by atoms with van der Waals surface area (Å²) in [7, 11) is 0. The van der Waals surface area contributed by atoms with Crippen molar-refractivity contribution in [3.05, 3.63) is 35.1 Å². The van der Waals surface area contributed by atoms with Gasteiger partial charge in [0, 0.05) is 18.7 Å². The Bertz CT molecular complexity index is 489. The third-order valence-corrected chi connectivity index (χ3v) is 3.95. The molecule has 2 rings (SSSR count). The monoisotopic (exact) mass is 247 g/mol. The lowest BCUT2D eigenvalue weighted by Gasteiger charge is -2.11. The molecule has 2 N–H and O–H groups in total. The molecule has 0 aromatic carbocycles. The number of aryl methyl sites for hydroxylation is 1. The summed E-state index contributed by atoms with van der Waals surface area (Å²) in [5.41, 5.74) is 8.01. The van der Waals surface area contributed by atoms with E-state index in [4.69, 9.17) is 5.73 Å². The van der Waals surface area contributed by atoms with Crippen molar-refractivity contribution in [2.45, 2.75) is 26.2 Å². The zero-order valence-corrected chi connectivity index (χ0v) is 11.0. The minimum Gasteiger partial charge on any atom is -0.330 e. The molecule has 0 aliphatic carbocycles. The third kappa shape index (κ3) is 2.53. The van der Waals surface area contributed by atoms with Crippen LogP contribution in [0.5, 0.6) is 0 Å². The maximum atomic E-state index is 5.74. The standard InChI is InChI=1S/C13H17N3S/c1-3-10(8-14)13-15-6-4-11(16-13)12-9(2)5-7-17-12/h4-7,10H,3,8,14H2,1-2H3. The highest BCUT2D eigenvalue weighted by molar-refractivity contribution is 7.13. The number of hydrogen-bond donors (Lipinski definition) is 1. The van der Waals surface area contributed by atoms with Gasteiger partial charge in [-0.05, 0) is 36.4 Å². The van der Waals surface area contributed by atoms with E-state index in [0.29, 0.717) is 6.54 Å². The Morgan fingerprint density at radius 3 is 2.82 bits per heavy atom.